The molecule has 1 heterocycles. The summed E-state index contributed by atoms with van der Waals surface area (Å²) < 4.78 is 38.5. The molecule has 10 nitrogen and oxygen atoms in total. The number of carbonyl (C=O) groups excluding carboxylic acids is 2. The average Bonchev–Trinajstić information content (AvgIpc) is 3.45. The lowest BCUT2D eigenvalue weighted by Crippen LogP contribution is -2.43. The van der Waals surface area contributed by atoms with Gasteiger partial charge in [-0.15, -0.1) is 0 Å². The Kier molecular flexibility index (Phi) is 11.1. The van der Waals surface area contributed by atoms with Crippen molar-refractivity contribution in [2.75, 3.05) is 60.5 Å². The number of sulfonamides is 1. The molecule has 0 aliphatic carbocycles. The predicted octanol–water partition coefficient (Wildman–Crippen LogP) is 2.52. The van der Waals surface area contributed by atoms with Crippen molar-refractivity contribution in [2.24, 2.45) is 0 Å². The third-order valence-electron chi connectivity index (χ3n) is 6.85. The molecular formula is C29H40N4O6S. The van der Waals surface area contributed by atoms with Crippen molar-refractivity contribution in [3.8, 4) is 11.5 Å². The van der Waals surface area contributed by atoms with E-state index in [9.17, 15) is 18.0 Å². The first kappa shape index (κ1) is 31.1. The summed E-state index contributed by atoms with van der Waals surface area (Å²) in [4.78, 5) is 29.1. The van der Waals surface area contributed by atoms with Crippen molar-refractivity contribution in [1.29, 1.82) is 0 Å². The summed E-state index contributed by atoms with van der Waals surface area (Å²) >= 11 is 0. The lowest BCUT2D eigenvalue weighted by molar-refractivity contribution is -0.132. The van der Waals surface area contributed by atoms with E-state index in [4.69, 9.17) is 9.47 Å². The van der Waals surface area contributed by atoms with Crippen LogP contribution in [0.15, 0.2) is 47.9 Å². The second-order valence-electron chi connectivity index (χ2n) is 9.90. The number of methoxy groups -OCH3 is 1. The van der Waals surface area contributed by atoms with Crippen LogP contribution in [0, 0.1) is 6.92 Å². The maximum absolute atomic E-state index is 13.2. The average molecular weight is 573 g/mol. The van der Waals surface area contributed by atoms with Crippen LogP contribution >= 0.6 is 0 Å². The minimum atomic E-state index is -4.00. The fourth-order valence-corrected chi connectivity index (χ4v) is 6.05. The molecule has 0 saturated carbocycles. The van der Waals surface area contributed by atoms with Gasteiger partial charge in [0.2, 0.25) is 21.8 Å². The summed E-state index contributed by atoms with van der Waals surface area (Å²) in [6, 6.07) is 10.8. The van der Waals surface area contributed by atoms with E-state index in [0.29, 0.717) is 30.0 Å². The highest BCUT2D eigenvalue weighted by atomic mass is 32.2. The molecule has 0 bridgehead atoms. The summed E-state index contributed by atoms with van der Waals surface area (Å²) in [5.41, 5.74) is 1.77. The number of hydrogen-bond acceptors (Lipinski definition) is 7. The van der Waals surface area contributed by atoms with Crippen LogP contribution in [0.2, 0.25) is 0 Å². The molecule has 218 valence electrons. The lowest BCUT2D eigenvalue weighted by atomic mass is 10.1. The van der Waals surface area contributed by atoms with Crippen molar-refractivity contribution in [2.45, 2.75) is 31.2 Å². The molecule has 2 aromatic carbocycles. The van der Waals surface area contributed by atoms with Crippen LogP contribution in [0.4, 0.5) is 0 Å². The largest absolute Gasteiger partial charge is 0.497 e. The number of amides is 2. The molecule has 2 aromatic rings. The fourth-order valence-electron chi connectivity index (χ4n) is 4.55. The van der Waals surface area contributed by atoms with Crippen LogP contribution in [0.25, 0.3) is 6.08 Å². The van der Waals surface area contributed by atoms with Crippen molar-refractivity contribution in [3.05, 3.63) is 59.7 Å². The molecule has 1 aliphatic heterocycles. The van der Waals surface area contributed by atoms with Crippen molar-refractivity contribution in [1.82, 2.24) is 19.4 Å². The number of likely N-dealkylation sites (tertiary alicyclic amines) is 1. The van der Waals surface area contributed by atoms with E-state index in [2.05, 4.69) is 16.8 Å². The highest BCUT2D eigenvalue weighted by Gasteiger charge is 2.27. The molecule has 0 atom stereocenters. The van der Waals surface area contributed by atoms with Gasteiger partial charge in [0, 0.05) is 27.2 Å². The number of likely N-dealkylation sites (N-methyl/N-ethyl adjacent to an activating group) is 2. The smallest absolute Gasteiger partial charge is 0.244 e. The van der Waals surface area contributed by atoms with Gasteiger partial charge >= 0.3 is 0 Å². The van der Waals surface area contributed by atoms with Gasteiger partial charge in [-0.25, -0.2) is 8.42 Å². The molecule has 0 radical (unpaired) electrons. The van der Waals surface area contributed by atoms with E-state index in [0.717, 1.165) is 35.3 Å². The first-order valence-electron chi connectivity index (χ1n) is 13.3. The number of ether oxygens (including phenoxy) is 2. The van der Waals surface area contributed by atoms with Gasteiger partial charge in [0.15, 0.2) is 0 Å². The maximum atomic E-state index is 13.2. The molecule has 1 aliphatic rings. The summed E-state index contributed by atoms with van der Waals surface area (Å²) in [5, 5.41) is 2.52. The molecule has 1 N–H and O–H groups in total. The highest BCUT2D eigenvalue weighted by molar-refractivity contribution is 7.89. The van der Waals surface area contributed by atoms with Gasteiger partial charge in [0.05, 0.1) is 25.1 Å². The van der Waals surface area contributed by atoms with Crippen LogP contribution in [0.5, 0.6) is 11.5 Å². The molecule has 1 saturated heterocycles. The van der Waals surface area contributed by atoms with E-state index < -0.39 is 22.5 Å². The zero-order chi connectivity index (χ0) is 29.3. The first-order valence-corrected chi connectivity index (χ1v) is 14.7. The molecule has 0 aromatic heterocycles. The molecule has 2 amide bonds. The number of nitrogens with zero attached hydrogens (tertiary/aromatic N) is 3. The topological polar surface area (TPSA) is 108 Å². The highest BCUT2D eigenvalue weighted by Crippen LogP contribution is 2.29. The van der Waals surface area contributed by atoms with Crippen molar-refractivity contribution in [3.63, 3.8) is 0 Å². The van der Waals surface area contributed by atoms with Crippen LogP contribution in [-0.2, 0) is 26.2 Å². The molecule has 1 fully saturated rings. The standard InChI is InChI=1S/C29H40N4O6S/c1-6-24-18-26(38-5)17-22(2)29(24)40(36,37)32(4)21-27(34)30-19-28(35)31(3)20-23-9-11-25(12-10-23)39-16-15-33-13-7-8-14-33/h6,9-12,17-18H,1,7-8,13-16,19-21H2,2-5H3,(H,30,34). The summed E-state index contributed by atoms with van der Waals surface area (Å²) in [7, 11) is 0.456. The Bertz CT molecular complexity index is 1290. The molecule has 0 unspecified atom stereocenters. The van der Waals surface area contributed by atoms with E-state index >= 15 is 0 Å². The van der Waals surface area contributed by atoms with Crippen LogP contribution in [0.3, 0.4) is 0 Å². The number of aryl methyl sites for hydroxylation is 1. The maximum Gasteiger partial charge on any atom is 0.244 e. The van der Waals surface area contributed by atoms with Gasteiger partial charge < -0.3 is 19.7 Å². The quantitative estimate of drug-likeness (QED) is 0.371. The van der Waals surface area contributed by atoms with Gasteiger partial charge in [-0.3, -0.25) is 14.5 Å². The number of hydrogen-bond donors (Lipinski definition) is 1. The monoisotopic (exact) mass is 572 g/mol. The number of benzene rings is 2. The Balaban J connectivity index is 1.47. The van der Waals surface area contributed by atoms with Gasteiger partial charge in [-0.1, -0.05) is 24.8 Å². The Morgan fingerprint density at radius 1 is 1.10 bits per heavy atom. The Hall–Kier alpha value is -3.41. The van der Waals surface area contributed by atoms with Crippen LogP contribution < -0.4 is 14.8 Å². The van der Waals surface area contributed by atoms with Crippen LogP contribution in [-0.4, -0.2) is 94.9 Å². The summed E-state index contributed by atoms with van der Waals surface area (Å²) in [5.74, 6) is 0.402. The molecule has 40 heavy (non-hydrogen) atoms. The summed E-state index contributed by atoms with van der Waals surface area (Å²) in [6.07, 6.45) is 3.94. The third-order valence-corrected chi connectivity index (χ3v) is 8.87. The molecule has 0 spiro atoms. The number of nitrogens with one attached hydrogen (secondary N) is 1. The van der Waals surface area contributed by atoms with E-state index in [-0.39, 0.29) is 17.3 Å². The van der Waals surface area contributed by atoms with Gasteiger partial charge in [-0.05, 0) is 73.8 Å². The van der Waals surface area contributed by atoms with E-state index in [1.54, 1.807) is 26.1 Å². The normalized spacial score (nSPS) is 13.7. The first-order chi connectivity index (χ1) is 19.0. The van der Waals surface area contributed by atoms with Crippen molar-refractivity contribution >= 4 is 27.9 Å². The van der Waals surface area contributed by atoms with Gasteiger partial charge in [0.25, 0.3) is 0 Å². The van der Waals surface area contributed by atoms with Crippen molar-refractivity contribution < 1.29 is 27.5 Å². The minimum absolute atomic E-state index is 0.0532. The third kappa shape index (κ3) is 8.30. The Morgan fingerprint density at radius 2 is 1.77 bits per heavy atom. The number of carbonyl (C=O) groups is 2. The van der Waals surface area contributed by atoms with E-state index in [1.807, 2.05) is 24.3 Å². The molecular weight excluding hydrogens is 532 g/mol. The Labute approximate surface area is 237 Å². The summed E-state index contributed by atoms with van der Waals surface area (Å²) in [6.45, 7) is 8.86. The molecule has 11 heteroatoms. The van der Waals surface area contributed by atoms with E-state index in [1.165, 1.54) is 38.0 Å². The van der Waals surface area contributed by atoms with Crippen LogP contribution in [0.1, 0.15) is 29.5 Å². The lowest BCUT2D eigenvalue weighted by Gasteiger charge is -2.21. The zero-order valence-corrected chi connectivity index (χ0v) is 24.6. The predicted molar refractivity (Wildman–Crippen MR) is 155 cm³/mol. The SMILES string of the molecule is C=Cc1cc(OC)cc(C)c1S(=O)(=O)N(C)CC(=O)NCC(=O)N(C)Cc1ccc(OCCN2CCCC2)cc1. The second kappa shape index (κ2) is 14.3. The second-order valence-corrected chi connectivity index (χ2v) is 11.9. The van der Waals surface area contributed by atoms with Gasteiger partial charge in [-0.2, -0.15) is 4.31 Å². The van der Waals surface area contributed by atoms with Gasteiger partial charge in [0.1, 0.15) is 18.1 Å². The minimum Gasteiger partial charge on any atom is -0.497 e. The zero-order valence-electron chi connectivity index (χ0n) is 23.8. The number of rotatable bonds is 14. The fraction of sp³-hybridized carbons (Fsp3) is 0.448. The molecule has 3 rings (SSSR count). The Morgan fingerprint density at radius 3 is 2.40 bits per heavy atom.